The van der Waals surface area contributed by atoms with Gasteiger partial charge >= 0.3 is 0 Å². The minimum absolute atomic E-state index is 0.206. The summed E-state index contributed by atoms with van der Waals surface area (Å²) in [7, 11) is 1.91. The molecule has 1 atom stereocenters. The maximum atomic E-state index is 11.1. The number of likely N-dealkylation sites (N-methyl/N-ethyl adjacent to an activating group) is 1. The molecule has 0 bridgehead atoms. The molecule has 110 valence electrons. The lowest BCUT2D eigenvalue weighted by Gasteiger charge is -2.16. The van der Waals surface area contributed by atoms with Gasteiger partial charge in [0.15, 0.2) is 0 Å². The van der Waals surface area contributed by atoms with Crippen molar-refractivity contribution in [2.45, 2.75) is 25.3 Å². The van der Waals surface area contributed by atoms with Gasteiger partial charge in [0.05, 0.1) is 4.92 Å². The number of benzene rings is 2. The Labute approximate surface area is 125 Å². The Morgan fingerprint density at radius 1 is 1.10 bits per heavy atom. The summed E-state index contributed by atoms with van der Waals surface area (Å²) in [6.07, 6.45) is 2.58. The van der Waals surface area contributed by atoms with Crippen LogP contribution in [-0.4, -0.2) is 18.0 Å². The van der Waals surface area contributed by atoms with Crippen LogP contribution < -0.4 is 5.32 Å². The number of para-hydroxylation sites is 1. The van der Waals surface area contributed by atoms with E-state index < -0.39 is 0 Å². The lowest BCUT2D eigenvalue weighted by Crippen LogP contribution is -2.28. The maximum absolute atomic E-state index is 11.1. The summed E-state index contributed by atoms with van der Waals surface area (Å²) < 4.78 is 0. The molecule has 0 radical (unpaired) electrons. The minimum Gasteiger partial charge on any atom is -0.317 e. The van der Waals surface area contributed by atoms with E-state index >= 15 is 0 Å². The van der Waals surface area contributed by atoms with Crippen LogP contribution in [0.5, 0.6) is 0 Å². The van der Waals surface area contributed by atoms with Gasteiger partial charge in [-0.3, -0.25) is 10.1 Å². The molecule has 2 aromatic carbocycles. The van der Waals surface area contributed by atoms with Gasteiger partial charge in [-0.2, -0.15) is 0 Å². The standard InChI is InChI=1S/C17H20N2O2/c1-18-16(12-11-14-7-3-2-4-8-14)13-15-9-5-6-10-17(15)19(20)21/h2-10,16,18H,11-13H2,1H3. The van der Waals surface area contributed by atoms with Crippen molar-refractivity contribution in [3.8, 4) is 0 Å². The molecule has 0 saturated carbocycles. The van der Waals surface area contributed by atoms with Gasteiger partial charge in [0, 0.05) is 17.7 Å². The Balaban J connectivity index is 2.01. The molecule has 0 spiro atoms. The summed E-state index contributed by atoms with van der Waals surface area (Å²) in [5.74, 6) is 0. The predicted octanol–water partition coefficient (Wildman–Crippen LogP) is 3.36. The zero-order valence-corrected chi connectivity index (χ0v) is 12.2. The lowest BCUT2D eigenvalue weighted by atomic mass is 9.98. The van der Waals surface area contributed by atoms with Crippen molar-refractivity contribution in [1.82, 2.24) is 5.32 Å². The third kappa shape index (κ3) is 4.39. The molecule has 0 aromatic heterocycles. The van der Waals surface area contributed by atoms with E-state index in [1.54, 1.807) is 12.1 Å². The normalized spacial score (nSPS) is 12.0. The van der Waals surface area contributed by atoms with E-state index in [1.165, 1.54) is 5.56 Å². The van der Waals surface area contributed by atoms with Crippen molar-refractivity contribution in [2.75, 3.05) is 7.05 Å². The summed E-state index contributed by atoms with van der Waals surface area (Å²) in [5.41, 5.74) is 2.28. The van der Waals surface area contributed by atoms with Crippen LogP contribution in [0.4, 0.5) is 5.69 Å². The second kappa shape index (κ2) is 7.55. The fourth-order valence-electron chi connectivity index (χ4n) is 2.46. The highest BCUT2D eigenvalue weighted by Crippen LogP contribution is 2.20. The van der Waals surface area contributed by atoms with Gasteiger partial charge in [0.1, 0.15) is 0 Å². The van der Waals surface area contributed by atoms with Crippen LogP contribution in [0.3, 0.4) is 0 Å². The molecule has 1 unspecified atom stereocenters. The first kappa shape index (κ1) is 15.2. The summed E-state index contributed by atoms with van der Waals surface area (Å²) in [6, 6.07) is 17.5. The number of nitrogens with one attached hydrogen (secondary N) is 1. The smallest absolute Gasteiger partial charge is 0.272 e. The monoisotopic (exact) mass is 284 g/mol. The third-order valence-electron chi connectivity index (χ3n) is 3.69. The molecular formula is C17H20N2O2. The summed E-state index contributed by atoms with van der Waals surface area (Å²) in [6.45, 7) is 0. The largest absolute Gasteiger partial charge is 0.317 e. The van der Waals surface area contributed by atoms with Crippen LogP contribution in [0.1, 0.15) is 17.5 Å². The Morgan fingerprint density at radius 3 is 2.43 bits per heavy atom. The van der Waals surface area contributed by atoms with E-state index in [2.05, 4.69) is 17.4 Å². The van der Waals surface area contributed by atoms with Crippen molar-refractivity contribution in [3.05, 3.63) is 75.8 Å². The van der Waals surface area contributed by atoms with E-state index in [4.69, 9.17) is 0 Å². The molecule has 0 fully saturated rings. The van der Waals surface area contributed by atoms with E-state index in [9.17, 15) is 10.1 Å². The van der Waals surface area contributed by atoms with E-state index in [-0.39, 0.29) is 16.7 Å². The number of nitro groups is 1. The Hall–Kier alpha value is -2.20. The fraction of sp³-hybridized carbons (Fsp3) is 0.294. The average Bonchev–Trinajstić information content (AvgIpc) is 2.52. The van der Waals surface area contributed by atoms with Gasteiger partial charge in [0.2, 0.25) is 0 Å². The van der Waals surface area contributed by atoms with Crippen LogP contribution in [0.25, 0.3) is 0 Å². The molecule has 0 amide bonds. The van der Waals surface area contributed by atoms with Gasteiger partial charge in [-0.25, -0.2) is 0 Å². The molecule has 2 aromatic rings. The van der Waals surface area contributed by atoms with E-state index in [0.717, 1.165) is 18.4 Å². The van der Waals surface area contributed by atoms with Crippen molar-refractivity contribution in [2.24, 2.45) is 0 Å². The van der Waals surface area contributed by atoms with Gasteiger partial charge in [-0.05, 0) is 31.9 Å². The zero-order chi connectivity index (χ0) is 15.1. The topological polar surface area (TPSA) is 55.2 Å². The summed E-state index contributed by atoms with van der Waals surface area (Å²) in [5, 5.41) is 14.3. The molecule has 0 aliphatic heterocycles. The highest BCUT2D eigenvalue weighted by molar-refractivity contribution is 5.40. The molecule has 4 nitrogen and oxygen atoms in total. The molecule has 0 saturated heterocycles. The molecule has 0 heterocycles. The predicted molar refractivity (Wildman–Crippen MR) is 84.4 cm³/mol. The van der Waals surface area contributed by atoms with Crippen LogP contribution in [0.15, 0.2) is 54.6 Å². The molecule has 4 heteroatoms. The minimum atomic E-state index is -0.306. The Kier molecular flexibility index (Phi) is 5.46. The fourth-order valence-corrected chi connectivity index (χ4v) is 2.46. The van der Waals surface area contributed by atoms with Gasteiger partial charge in [-0.1, -0.05) is 48.5 Å². The van der Waals surface area contributed by atoms with Crippen LogP contribution >= 0.6 is 0 Å². The number of hydrogen-bond donors (Lipinski definition) is 1. The molecule has 2 rings (SSSR count). The highest BCUT2D eigenvalue weighted by Gasteiger charge is 2.16. The Morgan fingerprint density at radius 2 is 1.76 bits per heavy atom. The molecule has 0 aliphatic rings. The second-order valence-corrected chi connectivity index (χ2v) is 5.10. The summed E-state index contributed by atoms with van der Waals surface area (Å²) in [4.78, 5) is 10.7. The van der Waals surface area contributed by atoms with Gasteiger partial charge in [0.25, 0.3) is 5.69 Å². The molecular weight excluding hydrogens is 264 g/mol. The van der Waals surface area contributed by atoms with Crippen molar-refractivity contribution < 1.29 is 4.92 Å². The van der Waals surface area contributed by atoms with Crippen LogP contribution in [0.2, 0.25) is 0 Å². The van der Waals surface area contributed by atoms with Crippen molar-refractivity contribution in [1.29, 1.82) is 0 Å². The van der Waals surface area contributed by atoms with E-state index in [0.29, 0.717) is 6.42 Å². The van der Waals surface area contributed by atoms with Crippen LogP contribution in [0, 0.1) is 10.1 Å². The molecule has 1 N–H and O–H groups in total. The maximum Gasteiger partial charge on any atom is 0.272 e. The lowest BCUT2D eigenvalue weighted by molar-refractivity contribution is -0.385. The highest BCUT2D eigenvalue weighted by atomic mass is 16.6. The number of hydrogen-bond acceptors (Lipinski definition) is 3. The Bertz CT molecular complexity index is 584. The zero-order valence-electron chi connectivity index (χ0n) is 12.2. The quantitative estimate of drug-likeness (QED) is 0.626. The number of nitro benzene ring substituents is 1. The first-order chi connectivity index (χ1) is 10.2. The second-order valence-electron chi connectivity index (χ2n) is 5.10. The van der Waals surface area contributed by atoms with E-state index in [1.807, 2.05) is 37.4 Å². The SMILES string of the molecule is CNC(CCc1ccccc1)Cc1ccccc1[N+](=O)[O-]. The first-order valence-electron chi connectivity index (χ1n) is 7.14. The molecule has 0 aliphatic carbocycles. The third-order valence-corrected chi connectivity index (χ3v) is 3.69. The van der Waals surface area contributed by atoms with Gasteiger partial charge < -0.3 is 5.32 Å². The number of aryl methyl sites for hydroxylation is 1. The summed E-state index contributed by atoms with van der Waals surface area (Å²) >= 11 is 0. The number of rotatable bonds is 7. The van der Waals surface area contributed by atoms with Gasteiger partial charge in [-0.15, -0.1) is 0 Å². The van der Waals surface area contributed by atoms with Crippen molar-refractivity contribution >= 4 is 5.69 Å². The number of nitrogens with zero attached hydrogens (tertiary/aromatic N) is 1. The molecule has 21 heavy (non-hydrogen) atoms. The van der Waals surface area contributed by atoms with Crippen LogP contribution in [-0.2, 0) is 12.8 Å². The first-order valence-corrected chi connectivity index (χ1v) is 7.14. The van der Waals surface area contributed by atoms with Crippen molar-refractivity contribution in [3.63, 3.8) is 0 Å². The average molecular weight is 284 g/mol.